The Bertz CT molecular complexity index is 1950. The normalized spacial score (nSPS) is 11.8. The number of benzene rings is 3. The molecule has 10 nitrogen and oxygen atoms in total. The molecule has 4 N–H and O–H groups in total. The molecule has 0 radical (unpaired) electrons. The predicted octanol–water partition coefficient (Wildman–Crippen LogP) is 6.04. The third-order valence-electron chi connectivity index (χ3n) is 6.74. The fourth-order valence-electron chi connectivity index (χ4n) is 4.81. The highest BCUT2D eigenvalue weighted by atomic mass is 19.1. The monoisotopic (exact) mass is 608 g/mol. The Labute approximate surface area is 259 Å². The van der Waals surface area contributed by atoms with Gasteiger partial charge in [-0.25, -0.2) is 9.07 Å². The lowest BCUT2D eigenvalue weighted by molar-refractivity contribution is -0.112. The van der Waals surface area contributed by atoms with Gasteiger partial charge in [0.15, 0.2) is 11.6 Å². The molecule has 0 aliphatic carbocycles. The number of H-pyrrole nitrogens is 1. The number of nitrogens with one attached hydrogen (secondary N) is 2. The molecule has 0 spiro atoms. The van der Waals surface area contributed by atoms with Crippen LogP contribution in [-0.2, 0) is 11.4 Å². The van der Waals surface area contributed by atoms with Crippen LogP contribution < -0.4 is 26.1 Å². The van der Waals surface area contributed by atoms with Crippen molar-refractivity contribution in [3.8, 4) is 34.1 Å². The van der Waals surface area contributed by atoms with Crippen LogP contribution in [-0.4, -0.2) is 46.2 Å². The molecule has 0 saturated carbocycles. The number of aromatic amines is 1. The van der Waals surface area contributed by atoms with E-state index in [1.54, 1.807) is 36.4 Å². The smallest absolute Gasteiger partial charge is 0.261 e. The Morgan fingerprint density at radius 2 is 1.84 bits per heavy atom. The van der Waals surface area contributed by atoms with Gasteiger partial charge in [0, 0.05) is 23.7 Å². The third kappa shape index (κ3) is 6.48. The summed E-state index contributed by atoms with van der Waals surface area (Å²) in [6, 6.07) is 19.3. The number of hydrogen-bond donors (Lipinski definition) is 3. The first-order chi connectivity index (χ1) is 21.7. The van der Waals surface area contributed by atoms with E-state index in [1.165, 1.54) is 22.9 Å². The number of aromatic nitrogens is 3. The van der Waals surface area contributed by atoms with Crippen molar-refractivity contribution in [3.05, 3.63) is 113 Å². The number of hydrogen-bond acceptors (Lipinski definition) is 7. The molecule has 6 rings (SSSR count). The number of carbonyl (C=O) groups excluding carboxylic acids is 1. The molecule has 45 heavy (non-hydrogen) atoms. The summed E-state index contributed by atoms with van der Waals surface area (Å²) in [5.41, 5.74) is 8.35. The fourth-order valence-corrected chi connectivity index (χ4v) is 4.81. The second kappa shape index (κ2) is 13.3. The summed E-state index contributed by atoms with van der Waals surface area (Å²) in [5.74, 6) is 0.439. The molecule has 11 heteroatoms. The number of nitrogens with zero attached hydrogens (tertiary/aromatic N) is 3. The lowest BCUT2D eigenvalue weighted by Crippen LogP contribution is -2.19. The molecule has 3 heterocycles. The maximum absolute atomic E-state index is 15.0. The quantitative estimate of drug-likeness (QED) is 0.152. The molecule has 1 aliphatic heterocycles. The number of allylic oxidation sites excluding steroid dienone is 1. The maximum atomic E-state index is 15.0. The number of fused-ring (bicyclic) bond motifs is 5. The molecule has 0 atom stereocenters. The molecule has 0 bridgehead atoms. The summed E-state index contributed by atoms with van der Waals surface area (Å²) in [4.78, 5) is 30.4. The van der Waals surface area contributed by atoms with Crippen LogP contribution in [0.2, 0.25) is 0 Å². The number of carbonyl (C=O) groups is 1. The first kappa shape index (κ1) is 30.8. The van der Waals surface area contributed by atoms with E-state index in [9.17, 15) is 14.0 Å². The van der Waals surface area contributed by atoms with E-state index in [-0.39, 0.29) is 29.2 Å². The average Bonchev–Trinajstić information content (AvgIpc) is 3.37. The van der Waals surface area contributed by atoms with Crippen molar-refractivity contribution in [1.29, 1.82) is 0 Å². The zero-order chi connectivity index (χ0) is 32.1. The minimum atomic E-state index is -0.657. The third-order valence-corrected chi connectivity index (χ3v) is 6.74. The molecule has 2 aromatic heterocycles. The van der Waals surface area contributed by atoms with Gasteiger partial charge in [-0.05, 0) is 69.6 Å². The Morgan fingerprint density at radius 3 is 2.53 bits per heavy atom. The van der Waals surface area contributed by atoms with Crippen molar-refractivity contribution >= 4 is 28.3 Å². The van der Waals surface area contributed by atoms with Gasteiger partial charge in [-0.15, -0.1) is 6.58 Å². The van der Waals surface area contributed by atoms with Crippen LogP contribution in [0.3, 0.4) is 0 Å². The van der Waals surface area contributed by atoms with Crippen molar-refractivity contribution in [1.82, 2.24) is 19.7 Å². The van der Waals surface area contributed by atoms with Gasteiger partial charge < -0.3 is 30.4 Å². The van der Waals surface area contributed by atoms with Crippen LogP contribution in [0.15, 0.2) is 96.3 Å². The second-order valence-corrected chi connectivity index (χ2v) is 10.4. The highest BCUT2D eigenvalue weighted by Gasteiger charge is 2.29. The van der Waals surface area contributed by atoms with E-state index in [0.717, 1.165) is 0 Å². The molecule has 1 amide bonds. The number of nitrogens with two attached hydrogens (primary N) is 1. The van der Waals surface area contributed by atoms with Crippen molar-refractivity contribution in [2.24, 2.45) is 0 Å². The van der Waals surface area contributed by atoms with E-state index >= 15 is 0 Å². The van der Waals surface area contributed by atoms with E-state index in [2.05, 4.69) is 16.9 Å². The number of anilines is 2. The van der Waals surface area contributed by atoms with Gasteiger partial charge in [0.25, 0.3) is 5.56 Å². The lowest BCUT2D eigenvalue weighted by atomic mass is 9.97. The van der Waals surface area contributed by atoms with Crippen molar-refractivity contribution < 1.29 is 18.7 Å². The number of pyridine rings is 1. The van der Waals surface area contributed by atoms with Gasteiger partial charge in [0.05, 0.1) is 11.4 Å². The van der Waals surface area contributed by atoms with Crippen LogP contribution in [0.25, 0.3) is 27.7 Å². The minimum Gasteiger partial charge on any atom is -0.484 e. The van der Waals surface area contributed by atoms with Crippen LogP contribution in [0, 0.1) is 5.82 Å². The second-order valence-electron chi connectivity index (χ2n) is 10.4. The molecule has 0 unspecified atom stereocenters. The topological polar surface area (TPSA) is 128 Å². The van der Waals surface area contributed by atoms with Gasteiger partial charge >= 0.3 is 0 Å². The number of ether oxygens (including phenoxy) is 2. The number of likely N-dealkylation sites (N-methyl/N-ethyl adjacent to an activating group) is 1. The SMILES string of the molecule is C=CC.CN(C)C/C=C/C(=O)Nc1c(F)ccc2c1OCc1[nH]c(=O)c3c(N)n(-c4ccc(Oc5ccccc5)cc4)nc3c1-2. The summed E-state index contributed by atoms with van der Waals surface area (Å²) in [6.45, 7) is 5.74. The molecule has 230 valence electrons. The van der Waals surface area contributed by atoms with E-state index in [4.69, 9.17) is 20.3 Å². The average molecular weight is 609 g/mol. The van der Waals surface area contributed by atoms with Crippen LogP contribution in [0.5, 0.6) is 17.2 Å². The zero-order valence-electron chi connectivity index (χ0n) is 25.1. The molecule has 0 fully saturated rings. The molecule has 0 saturated heterocycles. The van der Waals surface area contributed by atoms with Crippen molar-refractivity contribution in [2.75, 3.05) is 31.7 Å². The standard InChI is InChI=1S/C31H27FN6O4.C3H6/c1-37(2)16-6-9-24(39)35-27-22(32)15-14-21-25-23(17-41-29(21)27)34-31(40)26-28(25)36-38(30(26)33)18-10-12-20(13-11-18)42-19-7-4-3-5-8-19;1-3-2/h3-15H,16-17,33H2,1-2H3,(H,34,40)(H,35,39);3H,1H2,2H3/b9-6+;. The summed E-state index contributed by atoms with van der Waals surface area (Å²) in [5, 5.41) is 7.49. The minimum absolute atomic E-state index is 0.0609. The van der Waals surface area contributed by atoms with Gasteiger partial charge in [0.2, 0.25) is 5.91 Å². The van der Waals surface area contributed by atoms with Crippen molar-refractivity contribution in [2.45, 2.75) is 13.5 Å². The van der Waals surface area contributed by atoms with E-state index < -0.39 is 17.3 Å². The van der Waals surface area contributed by atoms with Gasteiger partial charge in [-0.2, -0.15) is 5.10 Å². The molecule has 1 aliphatic rings. The van der Waals surface area contributed by atoms with E-state index in [0.29, 0.717) is 46.1 Å². The highest BCUT2D eigenvalue weighted by Crippen LogP contribution is 2.45. The fraction of sp³-hybridized carbons (Fsp3) is 0.147. The summed E-state index contributed by atoms with van der Waals surface area (Å²) in [6.07, 6.45) is 4.76. The van der Waals surface area contributed by atoms with Gasteiger partial charge in [-0.3, -0.25) is 9.59 Å². The van der Waals surface area contributed by atoms with Crippen LogP contribution >= 0.6 is 0 Å². The largest absolute Gasteiger partial charge is 0.484 e. The first-order valence-corrected chi connectivity index (χ1v) is 14.1. The van der Waals surface area contributed by atoms with Gasteiger partial charge in [0.1, 0.15) is 40.5 Å². The molecular formula is C34H33FN6O4. The Morgan fingerprint density at radius 1 is 1.16 bits per heavy atom. The Balaban J connectivity index is 0.00000128. The summed E-state index contributed by atoms with van der Waals surface area (Å²) < 4.78 is 28.2. The Hall–Kier alpha value is -5.68. The summed E-state index contributed by atoms with van der Waals surface area (Å²) >= 11 is 0. The highest BCUT2D eigenvalue weighted by molar-refractivity contribution is 6.05. The predicted molar refractivity (Wildman–Crippen MR) is 175 cm³/mol. The number of halogens is 1. The number of nitrogen functional groups attached to an aromatic ring is 1. The van der Waals surface area contributed by atoms with Crippen LogP contribution in [0.4, 0.5) is 15.9 Å². The molecule has 5 aromatic rings. The van der Waals surface area contributed by atoms with Crippen LogP contribution in [0.1, 0.15) is 12.6 Å². The van der Waals surface area contributed by atoms with Gasteiger partial charge in [-0.1, -0.05) is 30.4 Å². The number of rotatable bonds is 7. The lowest BCUT2D eigenvalue weighted by Gasteiger charge is -2.23. The zero-order valence-corrected chi connectivity index (χ0v) is 25.1. The molecular weight excluding hydrogens is 575 g/mol. The Kier molecular flexibility index (Phi) is 9.10. The van der Waals surface area contributed by atoms with E-state index in [1.807, 2.05) is 56.3 Å². The maximum Gasteiger partial charge on any atom is 0.261 e. The number of amides is 1. The number of para-hydroxylation sites is 1. The summed E-state index contributed by atoms with van der Waals surface area (Å²) in [7, 11) is 3.74. The first-order valence-electron chi connectivity index (χ1n) is 14.1. The van der Waals surface area contributed by atoms with Crippen molar-refractivity contribution in [3.63, 3.8) is 0 Å². The molecule has 3 aromatic carbocycles.